The van der Waals surface area contributed by atoms with Gasteiger partial charge in [0.05, 0.1) is 10.6 Å². The van der Waals surface area contributed by atoms with Crippen molar-refractivity contribution in [3.8, 4) is 0 Å². The van der Waals surface area contributed by atoms with Gasteiger partial charge in [0.15, 0.2) is 0 Å². The van der Waals surface area contributed by atoms with E-state index in [0.717, 1.165) is 15.6 Å². The van der Waals surface area contributed by atoms with E-state index in [1.54, 1.807) is 19.1 Å². The van der Waals surface area contributed by atoms with E-state index in [-0.39, 0.29) is 4.90 Å². The van der Waals surface area contributed by atoms with Crippen molar-refractivity contribution >= 4 is 31.7 Å². The van der Waals surface area contributed by atoms with Crippen LogP contribution in [-0.2, 0) is 10.0 Å². The SMILES string of the molecule is CC(=NNS(=O)(=O)c1ccc(Br)cc1)c1ccc(C)cc1. The van der Waals surface area contributed by atoms with Gasteiger partial charge in [0.2, 0.25) is 0 Å². The maximum Gasteiger partial charge on any atom is 0.276 e. The molecule has 0 fully saturated rings. The molecule has 0 aliphatic heterocycles. The molecular weight excluding hydrogens is 352 g/mol. The minimum absolute atomic E-state index is 0.172. The Labute approximate surface area is 133 Å². The summed E-state index contributed by atoms with van der Waals surface area (Å²) in [5.74, 6) is 0. The third-order valence-corrected chi connectivity index (χ3v) is 4.68. The number of aryl methyl sites for hydroxylation is 1. The number of hydrogen-bond acceptors (Lipinski definition) is 3. The van der Waals surface area contributed by atoms with E-state index in [2.05, 4.69) is 25.9 Å². The molecule has 4 nitrogen and oxygen atoms in total. The molecule has 0 radical (unpaired) electrons. The minimum Gasteiger partial charge on any atom is -0.200 e. The fraction of sp³-hybridized carbons (Fsp3) is 0.133. The van der Waals surface area contributed by atoms with E-state index < -0.39 is 10.0 Å². The van der Waals surface area contributed by atoms with E-state index in [9.17, 15) is 8.42 Å². The van der Waals surface area contributed by atoms with Crippen molar-refractivity contribution in [2.75, 3.05) is 0 Å². The van der Waals surface area contributed by atoms with Crippen LogP contribution >= 0.6 is 15.9 Å². The molecule has 2 aromatic rings. The second-order valence-electron chi connectivity index (χ2n) is 4.61. The van der Waals surface area contributed by atoms with Crippen molar-refractivity contribution in [1.82, 2.24) is 4.83 Å². The summed E-state index contributed by atoms with van der Waals surface area (Å²) in [4.78, 5) is 2.42. The Bertz CT molecular complexity index is 751. The van der Waals surface area contributed by atoms with Gasteiger partial charge in [-0.25, -0.2) is 0 Å². The number of nitrogens with zero attached hydrogens (tertiary/aromatic N) is 1. The van der Waals surface area contributed by atoms with Crippen molar-refractivity contribution in [3.05, 3.63) is 64.1 Å². The summed E-state index contributed by atoms with van der Waals surface area (Å²) in [6.45, 7) is 3.75. The first kappa shape index (κ1) is 15.7. The predicted molar refractivity (Wildman–Crippen MR) is 87.9 cm³/mol. The van der Waals surface area contributed by atoms with Crippen LogP contribution in [-0.4, -0.2) is 14.1 Å². The molecule has 0 aliphatic carbocycles. The van der Waals surface area contributed by atoms with Gasteiger partial charge in [-0.1, -0.05) is 45.8 Å². The van der Waals surface area contributed by atoms with Gasteiger partial charge in [0.25, 0.3) is 10.0 Å². The fourth-order valence-electron chi connectivity index (χ4n) is 1.65. The van der Waals surface area contributed by atoms with Crippen LogP contribution in [0.3, 0.4) is 0 Å². The van der Waals surface area contributed by atoms with Gasteiger partial charge in [-0.2, -0.15) is 18.4 Å². The van der Waals surface area contributed by atoms with Crippen LogP contribution in [0.1, 0.15) is 18.1 Å². The van der Waals surface area contributed by atoms with Gasteiger partial charge in [0.1, 0.15) is 0 Å². The normalized spacial score (nSPS) is 12.2. The molecular formula is C15H15BrN2O2S. The van der Waals surface area contributed by atoms with Gasteiger partial charge >= 0.3 is 0 Å². The van der Waals surface area contributed by atoms with Crippen LogP contribution in [0.5, 0.6) is 0 Å². The van der Waals surface area contributed by atoms with E-state index in [1.165, 1.54) is 12.1 Å². The standard InChI is InChI=1S/C15H15BrN2O2S/c1-11-3-5-13(6-4-11)12(2)17-18-21(19,20)15-9-7-14(16)8-10-15/h3-10,18H,1-2H3. The topological polar surface area (TPSA) is 58.5 Å². The molecule has 0 amide bonds. The second kappa shape index (κ2) is 6.41. The summed E-state index contributed by atoms with van der Waals surface area (Å²) in [6.07, 6.45) is 0. The Morgan fingerprint density at radius 2 is 1.62 bits per heavy atom. The molecule has 1 N–H and O–H groups in total. The summed E-state index contributed by atoms with van der Waals surface area (Å²) in [5, 5.41) is 3.96. The first-order valence-corrected chi connectivity index (χ1v) is 8.55. The van der Waals surface area contributed by atoms with E-state index >= 15 is 0 Å². The zero-order valence-corrected chi connectivity index (χ0v) is 14.1. The summed E-state index contributed by atoms with van der Waals surface area (Å²) >= 11 is 3.27. The molecule has 6 heteroatoms. The summed E-state index contributed by atoms with van der Waals surface area (Å²) in [7, 11) is -3.65. The predicted octanol–water partition coefficient (Wildman–Crippen LogP) is 3.46. The molecule has 0 aliphatic rings. The largest absolute Gasteiger partial charge is 0.276 e. The monoisotopic (exact) mass is 366 g/mol. The Kier molecular flexibility index (Phi) is 4.80. The summed E-state index contributed by atoms with van der Waals surface area (Å²) < 4.78 is 25.0. The number of sulfonamides is 1. The van der Waals surface area contributed by atoms with Gasteiger partial charge in [-0.15, -0.1) is 0 Å². The van der Waals surface area contributed by atoms with Crippen molar-refractivity contribution in [2.45, 2.75) is 18.7 Å². The molecule has 0 spiro atoms. The molecule has 0 atom stereocenters. The van der Waals surface area contributed by atoms with Crippen LogP contribution in [0.2, 0.25) is 0 Å². The van der Waals surface area contributed by atoms with Crippen LogP contribution in [0.15, 0.2) is 63.0 Å². The lowest BCUT2D eigenvalue weighted by Crippen LogP contribution is -2.19. The number of hydrazone groups is 1. The zero-order valence-electron chi connectivity index (χ0n) is 11.7. The maximum absolute atomic E-state index is 12.1. The average Bonchev–Trinajstić information content (AvgIpc) is 2.46. The Hall–Kier alpha value is -1.66. The smallest absolute Gasteiger partial charge is 0.200 e. The van der Waals surface area contributed by atoms with Gasteiger partial charge < -0.3 is 0 Å². The second-order valence-corrected chi connectivity index (χ2v) is 7.19. The molecule has 0 heterocycles. The van der Waals surface area contributed by atoms with E-state index in [0.29, 0.717) is 5.71 Å². The van der Waals surface area contributed by atoms with Crippen molar-refractivity contribution < 1.29 is 8.42 Å². The highest BCUT2D eigenvalue weighted by molar-refractivity contribution is 9.10. The zero-order chi connectivity index (χ0) is 15.5. The number of hydrogen-bond donors (Lipinski definition) is 1. The van der Waals surface area contributed by atoms with Crippen molar-refractivity contribution in [1.29, 1.82) is 0 Å². The molecule has 110 valence electrons. The average molecular weight is 367 g/mol. The fourth-order valence-corrected chi connectivity index (χ4v) is 2.78. The first-order valence-electron chi connectivity index (χ1n) is 6.27. The van der Waals surface area contributed by atoms with Crippen LogP contribution in [0.4, 0.5) is 0 Å². The lowest BCUT2D eigenvalue weighted by atomic mass is 10.1. The Morgan fingerprint density at radius 1 is 1.05 bits per heavy atom. The molecule has 0 aromatic heterocycles. The number of halogens is 1. The quantitative estimate of drug-likeness (QED) is 0.665. The van der Waals surface area contributed by atoms with E-state index in [1.807, 2.05) is 31.2 Å². The highest BCUT2D eigenvalue weighted by atomic mass is 79.9. The van der Waals surface area contributed by atoms with Crippen LogP contribution in [0.25, 0.3) is 0 Å². The Balaban J connectivity index is 2.18. The minimum atomic E-state index is -3.65. The lowest BCUT2D eigenvalue weighted by molar-refractivity contribution is 0.584. The van der Waals surface area contributed by atoms with Crippen LogP contribution < -0.4 is 4.83 Å². The highest BCUT2D eigenvalue weighted by Gasteiger charge is 2.12. The first-order chi connectivity index (χ1) is 9.88. The number of benzene rings is 2. The molecule has 0 unspecified atom stereocenters. The third kappa shape index (κ3) is 4.15. The van der Waals surface area contributed by atoms with Crippen molar-refractivity contribution in [2.24, 2.45) is 5.10 Å². The summed E-state index contributed by atoms with van der Waals surface area (Å²) in [5.41, 5.74) is 2.62. The summed E-state index contributed by atoms with van der Waals surface area (Å²) in [6, 6.07) is 14.1. The third-order valence-electron chi connectivity index (χ3n) is 2.93. The Morgan fingerprint density at radius 3 is 2.19 bits per heavy atom. The van der Waals surface area contributed by atoms with E-state index in [4.69, 9.17) is 0 Å². The van der Waals surface area contributed by atoms with Gasteiger partial charge in [-0.05, 0) is 43.7 Å². The number of nitrogens with one attached hydrogen (secondary N) is 1. The molecule has 2 aromatic carbocycles. The maximum atomic E-state index is 12.1. The van der Waals surface area contributed by atoms with Gasteiger partial charge in [-0.3, -0.25) is 0 Å². The highest BCUT2D eigenvalue weighted by Crippen LogP contribution is 2.14. The number of rotatable bonds is 4. The molecule has 21 heavy (non-hydrogen) atoms. The van der Waals surface area contributed by atoms with Gasteiger partial charge in [0, 0.05) is 4.47 Å². The molecule has 2 rings (SSSR count). The molecule has 0 saturated heterocycles. The lowest BCUT2D eigenvalue weighted by Gasteiger charge is -2.06. The molecule has 0 saturated carbocycles. The van der Waals surface area contributed by atoms with Crippen LogP contribution in [0, 0.1) is 6.92 Å². The molecule has 0 bridgehead atoms. The van der Waals surface area contributed by atoms with Crippen molar-refractivity contribution in [3.63, 3.8) is 0 Å².